The van der Waals surface area contributed by atoms with Crippen LogP contribution in [0.2, 0.25) is 0 Å². The number of carboxylic acids is 1. The third-order valence-corrected chi connectivity index (χ3v) is 5.30. The van der Waals surface area contributed by atoms with Crippen LogP contribution >= 0.6 is 0 Å². The zero-order chi connectivity index (χ0) is 17.2. The second-order valence-electron chi connectivity index (χ2n) is 6.98. The third-order valence-electron chi connectivity index (χ3n) is 5.30. The molecule has 0 radical (unpaired) electrons. The van der Waals surface area contributed by atoms with Gasteiger partial charge in [0.05, 0.1) is 0 Å². The molecule has 0 spiro atoms. The minimum absolute atomic E-state index is 0.0295. The number of carbonyl (C=O) groups excluding carboxylic acids is 1. The first-order valence-corrected chi connectivity index (χ1v) is 8.83. The summed E-state index contributed by atoms with van der Waals surface area (Å²) >= 11 is 0. The summed E-state index contributed by atoms with van der Waals surface area (Å²) in [5.74, 6) is -1.59. The van der Waals surface area contributed by atoms with E-state index in [1.165, 1.54) is 0 Å². The van der Waals surface area contributed by atoms with Crippen LogP contribution in [-0.4, -0.2) is 27.5 Å². The number of carbonyl (C=O) groups is 2. The Labute approximate surface area is 140 Å². The Hall–Kier alpha value is -2.11. The number of hydrogen-bond acceptors (Lipinski definition) is 3. The van der Waals surface area contributed by atoms with Crippen molar-refractivity contribution in [1.82, 2.24) is 10.3 Å². The van der Waals surface area contributed by atoms with E-state index in [4.69, 9.17) is 0 Å². The predicted octanol–water partition coefficient (Wildman–Crippen LogP) is 2.16. The third kappa shape index (κ3) is 3.23. The van der Waals surface area contributed by atoms with Gasteiger partial charge in [-0.15, -0.1) is 0 Å². The van der Waals surface area contributed by atoms with E-state index in [9.17, 15) is 19.5 Å². The van der Waals surface area contributed by atoms with Crippen molar-refractivity contribution in [1.29, 1.82) is 0 Å². The zero-order valence-corrected chi connectivity index (χ0v) is 13.8. The second-order valence-corrected chi connectivity index (χ2v) is 6.98. The van der Waals surface area contributed by atoms with Crippen LogP contribution in [0.4, 0.5) is 0 Å². The van der Waals surface area contributed by atoms with Gasteiger partial charge in [-0.3, -0.25) is 9.59 Å². The Morgan fingerprint density at radius 1 is 1.04 bits per heavy atom. The lowest BCUT2D eigenvalue weighted by Crippen LogP contribution is -2.56. The molecule has 130 valence electrons. The summed E-state index contributed by atoms with van der Waals surface area (Å²) in [4.78, 5) is 39.5. The monoisotopic (exact) mass is 332 g/mol. The number of fused-ring (bicyclic) bond motifs is 1. The standard InChI is InChI=1S/C18H24N2O4/c21-15-13(11-12-7-3-1-4-8-14(12)19-15)16(22)20-18(17(23)24)9-5-2-6-10-18/h11H,1-10H2,(H,19,21)(H,20,22)(H,23,24). The lowest BCUT2D eigenvalue weighted by atomic mass is 9.81. The summed E-state index contributed by atoms with van der Waals surface area (Å²) in [6.07, 6.45) is 8.20. The van der Waals surface area contributed by atoms with Gasteiger partial charge in [-0.25, -0.2) is 4.79 Å². The molecule has 3 rings (SSSR count). The summed E-state index contributed by atoms with van der Waals surface area (Å²) < 4.78 is 0. The number of carboxylic acid groups (broad SMARTS) is 1. The fourth-order valence-electron chi connectivity index (χ4n) is 3.85. The van der Waals surface area contributed by atoms with Crippen LogP contribution in [0.25, 0.3) is 0 Å². The maximum atomic E-state index is 12.6. The van der Waals surface area contributed by atoms with Crippen LogP contribution < -0.4 is 10.9 Å². The first-order valence-electron chi connectivity index (χ1n) is 8.83. The quantitative estimate of drug-likeness (QED) is 0.739. The molecule has 1 saturated carbocycles. The lowest BCUT2D eigenvalue weighted by Gasteiger charge is -2.33. The van der Waals surface area contributed by atoms with Gasteiger partial charge in [0.25, 0.3) is 11.5 Å². The number of aromatic amines is 1. The molecule has 3 N–H and O–H groups in total. The number of pyridine rings is 1. The Bertz CT molecular complexity index is 701. The van der Waals surface area contributed by atoms with E-state index in [2.05, 4.69) is 10.3 Å². The maximum absolute atomic E-state index is 12.6. The summed E-state index contributed by atoms with van der Waals surface area (Å²) in [5.41, 5.74) is 0.283. The molecule has 1 fully saturated rings. The van der Waals surface area contributed by atoms with Crippen molar-refractivity contribution < 1.29 is 14.7 Å². The van der Waals surface area contributed by atoms with Crippen molar-refractivity contribution in [2.45, 2.75) is 69.7 Å². The molecule has 0 aromatic carbocycles. The molecule has 0 unspecified atom stereocenters. The van der Waals surface area contributed by atoms with Crippen LogP contribution in [-0.2, 0) is 17.6 Å². The maximum Gasteiger partial charge on any atom is 0.329 e. The Kier molecular flexibility index (Phi) is 4.73. The number of aromatic nitrogens is 1. The molecule has 2 aliphatic rings. The van der Waals surface area contributed by atoms with Gasteiger partial charge in [-0.05, 0) is 50.2 Å². The van der Waals surface area contributed by atoms with E-state index in [0.717, 1.165) is 62.6 Å². The van der Waals surface area contributed by atoms with Crippen LogP contribution in [0.1, 0.15) is 73.0 Å². The lowest BCUT2D eigenvalue weighted by molar-refractivity contribution is -0.145. The molecule has 1 amide bonds. The number of nitrogens with one attached hydrogen (secondary N) is 2. The van der Waals surface area contributed by atoms with Gasteiger partial charge >= 0.3 is 5.97 Å². The predicted molar refractivity (Wildman–Crippen MR) is 89.2 cm³/mol. The van der Waals surface area contributed by atoms with Crippen LogP contribution in [0.15, 0.2) is 10.9 Å². The first-order chi connectivity index (χ1) is 11.5. The highest BCUT2D eigenvalue weighted by molar-refractivity contribution is 5.97. The van der Waals surface area contributed by atoms with Gasteiger partial charge in [-0.1, -0.05) is 25.7 Å². The van der Waals surface area contributed by atoms with E-state index in [-0.39, 0.29) is 5.56 Å². The molecule has 1 heterocycles. The van der Waals surface area contributed by atoms with Gasteiger partial charge in [-0.2, -0.15) is 0 Å². The van der Waals surface area contributed by atoms with E-state index in [0.29, 0.717) is 12.8 Å². The molecule has 0 saturated heterocycles. The summed E-state index contributed by atoms with van der Waals surface area (Å²) in [5, 5.41) is 12.2. The smallest absolute Gasteiger partial charge is 0.329 e. The molecule has 0 bridgehead atoms. The Balaban J connectivity index is 1.88. The zero-order valence-electron chi connectivity index (χ0n) is 13.8. The van der Waals surface area contributed by atoms with Crippen molar-refractivity contribution in [3.8, 4) is 0 Å². The van der Waals surface area contributed by atoms with Crippen molar-refractivity contribution >= 4 is 11.9 Å². The Morgan fingerprint density at radius 3 is 2.42 bits per heavy atom. The van der Waals surface area contributed by atoms with Crippen molar-refractivity contribution in [3.63, 3.8) is 0 Å². The number of rotatable bonds is 3. The van der Waals surface area contributed by atoms with Crippen LogP contribution in [0.3, 0.4) is 0 Å². The molecule has 0 aliphatic heterocycles. The average Bonchev–Trinajstić information content (AvgIpc) is 2.79. The molecule has 0 atom stereocenters. The molecule has 24 heavy (non-hydrogen) atoms. The topological polar surface area (TPSA) is 99.3 Å². The average molecular weight is 332 g/mol. The summed E-state index contributed by atoms with van der Waals surface area (Å²) in [6, 6.07) is 1.66. The van der Waals surface area contributed by atoms with E-state index in [1.54, 1.807) is 6.07 Å². The van der Waals surface area contributed by atoms with Gasteiger partial charge in [0, 0.05) is 5.69 Å². The minimum Gasteiger partial charge on any atom is -0.480 e. The summed E-state index contributed by atoms with van der Waals surface area (Å²) in [6.45, 7) is 0. The van der Waals surface area contributed by atoms with Crippen LogP contribution in [0.5, 0.6) is 0 Å². The molecule has 1 aromatic rings. The van der Waals surface area contributed by atoms with Crippen molar-refractivity contribution in [3.05, 3.63) is 33.2 Å². The van der Waals surface area contributed by atoms with Crippen LogP contribution in [0, 0.1) is 0 Å². The molecular formula is C18H24N2O4. The molecule has 1 aromatic heterocycles. The first kappa shape index (κ1) is 16.7. The fraction of sp³-hybridized carbons (Fsp3) is 0.611. The highest BCUT2D eigenvalue weighted by Crippen LogP contribution is 2.29. The normalized spacial score (nSPS) is 19.8. The van der Waals surface area contributed by atoms with Gasteiger partial charge in [0.1, 0.15) is 11.1 Å². The SMILES string of the molecule is O=C(NC1(C(=O)O)CCCCC1)c1cc2c([nH]c1=O)CCCCC2. The second kappa shape index (κ2) is 6.79. The van der Waals surface area contributed by atoms with E-state index < -0.39 is 23.0 Å². The summed E-state index contributed by atoms with van der Waals surface area (Å²) in [7, 11) is 0. The largest absolute Gasteiger partial charge is 0.480 e. The van der Waals surface area contributed by atoms with Crippen molar-refractivity contribution in [2.24, 2.45) is 0 Å². The molecular weight excluding hydrogens is 308 g/mol. The molecule has 2 aliphatic carbocycles. The van der Waals surface area contributed by atoms with Gasteiger partial charge < -0.3 is 15.4 Å². The minimum atomic E-state index is -1.24. The van der Waals surface area contributed by atoms with Gasteiger partial charge in [0.15, 0.2) is 0 Å². The number of aryl methyl sites for hydroxylation is 2. The number of hydrogen-bond donors (Lipinski definition) is 3. The van der Waals surface area contributed by atoms with Crippen molar-refractivity contribution in [2.75, 3.05) is 0 Å². The van der Waals surface area contributed by atoms with E-state index in [1.807, 2.05) is 0 Å². The highest BCUT2D eigenvalue weighted by Gasteiger charge is 2.41. The number of H-pyrrole nitrogens is 1. The Morgan fingerprint density at radius 2 is 1.71 bits per heavy atom. The fourth-order valence-corrected chi connectivity index (χ4v) is 3.85. The number of aliphatic carboxylic acids is 1. The van der Waals surface area contributed by atoms with E-state index >= 15 is 0 Å². The number of amides is 1. The molecule has 6 nitrogen and oxygen atoms in total. The highest BCUT2D eigenvalue weighted by atomic mass is 16.4. The van der Waals surface area contributed by atoms with Gasteiger partial charge in [0.2, 0.25) is 0 Å². The molecule has 6 heteroatoms.